The lowest BCUT2D eigenvalue weighted by atomic mass is 9.96. The van der Waals surface area contributed by atoms with Gasteiger partial charge in [0, 0.05) is 13.1 Å². The highest BCUT2D eigenvalue weighted by Gasteiger charge is 2.40. The first-order valence-electron chi connectivity index (χ1n) is 11.3. The van der Waals surface area contributed by atoms with Crippen molar-refractivity contribution in [2.24, 2.45) is 5.73 Å². The molecular formula is C21H35N3O17S. The molecule has 20 nitrogen and oxygen atoms in total. The van der Waals surface area contributed by atoms with E-state index >= 15 is 0 Å². The van der Waals surface area contributed by atoms with Crippen LogP contribution in [-0.4, -0.2) is 166 Å². The second kappa shape index (κ2) is 22.6. The van der Waals surface area contributed by atoms with Crippen LogP contribution in [0.5, 0.6) is 0 Å². The maximum Gasteiger partial charge on any atom is 0.336 e. The summed E-state index contributed by atoms with van der Waals surface area (Å²) in [6.45, 7) is -2.25. The Morgan fingerprint density at radius 3 is 1.14 bits per heavy atom. The highest BCUT2D eigenvalue weighted by molar-refractivity contribution is 7.98. The van der Waals surface area contributed by atoms with Crippen molar-refractivity contribution in [3.05, 3.63) is 0 Å². The summed E-state index contributed by atoms with van der Waals surface area (Å²) in [5, 5.41) is 76.6. The molecular weight excluding hydrogens is 598 g/mol. The summed E-state index contributed by atoms with van der Waals surface area (Å²) in [4.78, 5) is 84.9. The van der Waals surface area contributed by atoms with E-state index in [-0.39, 0.29) is 13.1 Å². The van der Waals surface area contributed by atoms with Gasteiger partial charge in [0.05, 0.1) is 39.0 Å². The maximum atomic E-state index is 10.6. The molecule has 11 N–H and O–H groups in total. The Hall–Kier alpha value is -4.05. The van der Waals surface area contributed by atoms with Gasteiger partial charge >= 0.3 is 47.8 Å². The molecule has 0 aliphatic rings. The van der Waals surface area contributed by atoms with Crippen LogP contribution in [0.1, 0.15) is 19.3 Å². The zero-order chi connectivity index (χ0) is 33.6. The van der Waals surface area contributed by atoms with Gasteiger partial charge in [-0.25, -0.2) is 4.79 Å². The van der Waals surface area contributed by atoms with Gasteiger partial charge in [0.25, 0.3) is 0 Å². The van der Waals surface area contributed by atoms with E-state index in [0.29, 0.717) is 6.42 Å². The van der Waals surface area contributed by atoms with Crippen molar-refractivity contribution in [3.63, 3.8) is 0 Å². The van der Waals surface area contributed by atoms with E-state index in [1.165, 1.54) is 0 Å². The topological polar surface area (TPSA) is 351 Å². The smallest absolute Gasteiger partial charge is 0.336 e. The minimum atomic E-state index is -2.74. The van der Waals surface area contributed by atoms with Crippen molar-refractivity contribution >= 4 is 59.5 Å². The van der Waals surface area contributed by atoms with Crippen LogP contribution < -0.4 is 5.73 Å². The van der Waals surface area contributed by atoms with Gasteiger partial charge in [-0.05, 0) is 18.4 Å². The molecule has 0 bridgehead atoms. The molecule has 0 rings (SSSR count). The molecule has 0 aromatic carbocycles. The van der Waals surface area contributed by atoms with Crippen LogP contribution in [0, 0.1) is 0 Å². The third-order valence-electron chi connectivity index (χ3n) is 4.40. The van der Waals surface area contributed by atoms with Crippen LogP contribution >= 0.6 is 11.8 Å². The number of aliphatic carboxylic acids is 8. The van der Waals surface area contributed by atoms with Crippen LogP contribution in [0.25, 0.3) is 0 Å². The minimum Gasteiger partial charge on any atom is -0.481 e. The fourth-order valence-electron chi connectivity index (χ4n) is 2.56. The third-order valence-corrected chi connectivity index (χ3v) is 5.05. The fraction of sp³-hybridized carbons (Fsp3) is 0.619. The number of nitrogens with two attached hydrogens (primary N) is 1. The summed E-state index contributed by atoms with van der Waals surface area (Å²) in [5.74, 6) is -10.0. The number of carboxylic acids is 8. The molecule has 21 heteroatoms. The molecule has 0 saturated carbocycles. The summed E-state index contributed by atoms with van der Waals surface area (Å²) in [6, 6.07) is -0.683. The van der Waals surface area contributed by atoms with E-state index in [0.717, 1.165) is 15.6 Å². The average molecular weight is 634 g/mol. The van der Waals surface area contributed by atoms with Crippen molar-refractivity contribution in [2.45, 2.75) is 30.9 Å². The quantitative estimate of drug-likeness (QED) is 0.0631. The minimum absolute atomic E-state index is 0.0703. The van der Waals surface area contributed by atoms with E-state index < -0.39 is 98.4 Å². The van der Waals surface area contributed by atoms with Gasteiger partial charge in [-0.15, -0.1) is 0 Å². The molecule has 0 spiro atoms. The summed E-state index contributed by atoms with van der Waals surface area (Å²) >= 11 is 1.60. The van der Waals surface area contributed by atoms with E-state index in [4.69, 9.17) is 51.7 Å². The molecule has 0 aromatic heterocycles. The number of carbonyl (C=O) groups is 8. The largest absolute Gasteiger partial charge is 0.481 e. The number of nitrogens with zero attached hydrogens (tertiary/aromatic N) is 2. The van der Waals surface area contributed by atoms with Crippen molar-refractivity contribution in [2.75, 3.05) is 51.3 Å². The highest BCUT2D eigenvalue weighted by atomic mass is 32.2. The van der Waals surface area contributed by atoms with Crippen molar-refractivity contribution < 1.29 is 84.3 Å². The van der Waals surface area contributed by atoms with Crippen LogP contribution in [0.2, 0.25) is 0 Å². The Morgan fingerprint density at radius 2 is 0.952 bits per heavy atom. The number of carboxylic acid groups (broad SMARTS) is 8. The van der Waals surface area contributed by atoms with E-state index in [1.54, 1.807) is 11.8 Å². The predicted molar refractivity (Wildman–Crippen MR) is 139 cm³/mol. The standard InChI is InChI=1S/C10H16N2O8.C6H8O7.C5H11NO2S/c13-7(14)3-11(4-8(15)16)1-2-12(5-9(17)18)6-10(19)20;7-3(8)1-6(13,5(11)12)2-4(9)10;1-9-3-2-4(6)5(7)8/h1-6H2,(H,13,14)(H,15,16)(H,17,18)(H,19,20);13H,1-2H2,(H,7,8)(H,9,10)(H,11,12);4H,2-3,6H2,1H3,(H,7,8). The molecule has 0 aliphatic heterocycles. The number of aliphatic hydroxyl groups is 1. The molecule has 0 radical (unpaired) electrons. The number of rotatable bonds is 20. The molecule has 242 valence electrons. The summed E-state index contributed by atoms with van der Waals surface area (Å²) in [5.41, 5.74) is 2.45. The summed E-state index contributed by atoms with van der Waals surface area (Å²) < 4.78 is 0. The van der Waals surface area contributed by atoms with Crippen LogP contribution in [0.15, 0.2) is 0 Å². The molecule has 0 saturated heterocycles. The Morgan fingerprint density at radius 1 is 0.643 bits per heavy atom. The summed E-state index contributed by atoms with van der Waals surface area (Å²) in [6.07, 6.45) is 0.189. The molecule has 0 aliphatic carbocycles. The maximum absolute atomic E-state index is 10.6. The van der Waals surface area contributed by atoms with Gasteiger partial charge in [0.2, 0.25) is 0 Å². The first-order chi connectivity index (χ1) is 19.2. The monoisotopic (exact) mass is 633 g/mol. The Balaban J connectivity index is -0.000000593. The average Bonchev–Trinajstić information content (AvgIpc) is 2.79. The Kier molecular flexibility index (Phi) is 22.8. The van der Waals surface area contributed by atoms with E-state index in [9.17, 15) is 38.4 Å². The van der Waals surface area contributed by atoms with Crippen LogP contribution in [-0.2, 0) is 38.4 Å². The highest BCUT2D eigenvalue weighted by Crippen LogP contribution is 2.15. The normalized spacial score (nSPS) is 11.3. The van der Waals surface area contributed by atoms with Gasteiger partial charge in [-0.3, -0.25) is 43.4 Å². The number of thioether (sulfide) groups is 1. The van der Waals surface area contributed by atoms with Crippen LogP contribution in [0.3, 0.4) is 0 Å². The lowest BCUT2D eigenvalue weighted by Crippen LogP contribution is -2.43. The second-order valence-electron chi connectivity index (χ2n) is 8.20. The van der Waals surface area contributed by atoms with E-state index in [2.05, 4.69) is 0 Å². The Bertz CT molecular complexity index is 861. The molecule has 0 heterocycles. The molecule has 0 amide bonds. The van der Waals surface area contributed by atoms with Crippen molar-refractivity contribution in [3.8, 4) is 0 Å². The molecule has 0 fully saturated rings. The third kappa shape index (κ3) is 26.2. The fourth-order valence-corrected chi connectivity index (χ4v) is 3.05. The van der Waals surface area contributed by atoms with Gasteiger partial charge in [0.1, 0.15) is 6.04 Å². The van der Waals surface area contributed by atoms with Gasteiger partial charge in [-0.1, -0.05) is 0 Å². The predicted octanol–water partition coefficient (Wildman–Crippen LogP) is -3.17. The van der Waals surface area contributed by atoms with Gasteiger partial charge < -0.3 is 51.7 Å². The van der Waals surface area contributed by atoms with Crippen molar-refractivity contribution in [1.82, 2.24) is 9.80 Å². The zero-order valence-electron chi connectivity index (χ0n) is 22.3. The van der Waals surface area contributed by atoms with E-state index in [1.807, 2.05) is 6.26 Å². The molecule has 1 atom stereocenters. The second-order valence-corrected chi connectivity index (χ2v) is 9.19. The molecule has 1 unspecified atom stereocenters. The number of hydrogen-bond acceptors (Lipinski definition) is 13. The van der Waals surface area contributed by atoms with Gasteiger partial charge in [0.15, 0.2) is 5.60 Å². The summed E-state index contributed by atoms with van der Waals surface area (Å²) in [7, 11) is 0. The molecule has 0 aromatic rings. The van der Waals surface area contributed by atoms with Gasteiger partial charge in [-0.2, -0.15) is 11.8 Å². The first kappa shape index (κ1) is 42.4. The SMILES string of the molecule is CSCCC(N)C(=O)O.O=C(O)CC(O)(CC(=O)O)C(=O)O.O=C(O)CN(CCN(CC(=O)O)CC(=O)O)CC(=O)O. The van der Waals surface area contributed by atoms with Crippen LogP contribution in [0.4, 0.5) is 0 Å². The number of hydrogen-bond donors (Lipinski definition) is 10. The first-order valence-corrected chi connectivity index (χ1v) is 12.7. The molecule has 42 heavy (non-hydrogen) atoms. The van der Waals surface area contributed by atoms with Crippen molar-refractivity contribution in [1.29, 1.82) is 0 Å². The lowest BCUT2D eigenvalue weighted by molar-refractivity contribution is -0.170. The Labute approximate surface area is 241 Å². The zero-order valence-corrected chi connectivity index (χ0v) is 23.1. The lowest BCUT2D eigenvalue weighted by Gasteiger charge is -2.23.